The fraction of sp³-hybridized carbons (Fsp3) is 0.909. The van der Waals surface area contributed by atoms with Gasteiger partial charge in [-0.2, -0.15) is 0 Å². The van der Waals surface area contributed by atoms with Crippen LogP contribution < -0.4 is 10.6 Å². The Labute approximate surface area is 97.9 Å². The molecule has 0 aromatic rings. The van der Waals surface area contributed by atoms with E-state index < -0.39 is 0 Å². The first-order chi connectivity index (χ1) is 7.39. The highest BCUT2D eigenvalue weighted by molar-refractivity contribution is 5.76. The van der Waals surface area contributed by atoms with E-state index in [-0.39, 0.29) is 17.7 Å². The van der Waals surface area contributed by atoms with Crippen molar-refractivity contribution < 1.29 is 14.3 Å². The van der Waals surface area contributed by atoms with Gasteiger partial charge in [-0.25, -0.2) is 0 Å². The van der Waals surface area contributed by atoms with Gasteiger partial charge in [-0.3, -0.25) is 4.79 Å². The first-order valence-electron chi connectivity index (χ1n) is 5.46. The summed E-state index contributed by atoms with van der Waals surface area (Å²) in [7, 11) is 3.09. The summed E-state index contributed by atoms with van der Waals surface area (Å²) in [5.41, 5.74) is 0.0435. The summed E-state index contributed by atoms with van der Waals surface area (Å²) >= 11 is 0. The Kier molecular flexibility index (Phi) is 7.29. The predicted octanol–water partition coefficient (Wildman–Crippen LogP) is 0.500. The van der Waals surface area contributed by atoms with E-state index in [9.17, 15) is 4.79 Å². The second kappa shape index (κ2) is 7.60. The number of rotatable bonds is 7. The number of methoxy groups -OCH3 is 2. The van der Waals surface area contributed by atoms with Gasteiger partial charge in [-0.15, -0.1) is 0 Å². The first kappa shape index (κ1) is 15.3. The first-order valence-corrected chi connectivity index (χ1v) is 5.46. The summed E-state index contributed by atoms with van der Waals surface area (Å²) in [6, 6.07) is 0. The molecule has 0 radical (unpaired) electrons. The van der Waals surface area contributed by atoms with Crippen LogP contribution in [-0.2, 0) is 14.3 Å². The van der Waals surface area contributed by atoms with Gasteiger partial charge in [0.15, 0.2) is 6.29 Å². The number of ether oxygens (including phenoxy) is 2. The van der Waals surface area contributed by atoms with E-state index in [2.05, 4.69) is 31.4 Å². The van der Waals surface area contributed by atoms with Crippen molar-refractivity contribution in [1.82, 2.24) is 10.6 Å². The lowest BCUT2D eigenvalue weighted by Crippen LogP contribution is -2.40. The summed E-state index contributed by atoms with van der Waals surface area (Å²) in [4.78, 5) is 11.4. The topological polar surface area (TPSA) is 59.6 Å². The van der Waals surface area contributed by atoms with Crippen LogP contribution >= 0.6 is 0 Å². The third-order valence-corrected chi connectivity index (χ3v) is 2.00. The van der Waals surface area contributed by atoms with E-state index in [1.807, 2.05) is 0 Å². The molecule has 96 valence electrons. The van der Waals surface area contributed by atoms with Gasteiger partial charge in [-0.1, -0.05) is 0 Å². The van der Waals surface area contributed by atoms with Crippen molar-refractivity contribution in [2.24, 2.45) is 0 Å². The van der Waals surface area contributed by atoms with Gasteiger partial charge < -0.3 is 20.1 Å². The predicted molar refractivity (Wildman–Crippen MR) is 63.2 cm³/mol. The molecule has 2 N–H and O–H groups in total. The van der Waals surface area contributed by atoms with Gasteiger partial charge in [0.2, 0.25) is 5.91 Å². The van der Waals surface area contributed by atoms with Crippen molar-refractivity contribution >= 4 is 5.91 Å². The Morgan fingerprint density at radius 3 is 2.25 bits per heavy atom. The van der Waals surface area contributed by atoms with E-state index in [4.69, 9.17) is 9.47 Å². The summed E-state index contributed by atoms with van der Waals surface area (Å²) < 4.78 is 9.91. The van der Waals surface area contributed by atoms with Gasteiger partial charge in [-0.05, 0) is 20.8 Å². The maximum Gasteiger partial charge on any atom is 0.221 e. The number of carbonyl (C=O) groups excluding carboxylic acids is 1. The molecule has 0 aromatic heterocycles. The van der Waals surface area contributed by atoms with Gasteiger partial charge in [0.05, 0.1) is 6.54 Å². The normalized spacial score (nSPS) is 11.9. The summed E-state index contributed by atoms with van der Waals surface area (Å²) in [6.45, 7) is 7.24. The van der Waals surface area contributed by atoms with Crippen LogP contribution in [0.3, 0.4) is 0 Å². The minimum Gasteiger partial charge on any atom is -0.354 e. The van der Waals surface area contributed by atoms with Crippen LogP contribution in [0.5, 0.6) is 0 Å². The lowest BCUT2D eigenvalue weighted by Gasteiger charge is -2.20. The molecule has 0 aromatic carbocycles. The van der Waals surface area contributed by atoms with Crippen LogP contribution in [0.15, 0.2) is 0 Å². The largest absolute Gasteiger partial charge is 0.354 e. The Morgan fingerprint density at radius 2 is 1.81 bits per heavy atom. The molecule has 0 heterocycles. The average Bonchev–Trinajstić information content (AvgIpc) is 2.17. The molecule has 0 aliphatic heterocycles. The minimum atomic E-state index is -0.375. The Morgan fingerprint density at radius 1 is 1.25 bits per heavy atom. The van der Waals surface area contributed by atoms with Crippen LogP contribution in [0.2, 0.25) is 0 Å². The van der Waals surface area contributed by atoms with Crippen LogP contribution in [0.25, 0.3) is 0 Å². The number of hydrogen-bond acceptors (Lipinski definition) is 4. The number of hydrogen-bond donors (Lipinski definition) is 2. The molecule has 0 bridgehead atoms. The Bertz CT molecular complexity index is 198. The van der Waals surface area contributed by atoms with Crippen molar-refractivity contribution in [2.45, 2.75) is 39.0 Å². The Balaban J connectivity index is 3.59. The van der Waals surface area contributed by atoms with Crippen molar-refractivity contribution in [1.29, 1.82) is 0 Å². The van der Waals surface area contributed by atoms with Crippen molar-refractivity contribution in [2.75, 3.05) is 27.3 Å². The SMILES string of the molecule is COC(CNC(=O)CCNC(C)(C)C)OC. The highest BCUT2D eigenvalue weighted by atomic mass is 16.7. The molecule has 16 heavy (non-hydrogen) atoms. The van der Waals surface area contributed by atoms with Crippen LogP contribution in [0.1, 0.15) is 27.2 Å². The van der Waals surface area contributed by atoms with Gasteiger partial charge >= 0.3 is 0 Å². The molecule has 0 fully saturated rings. The zero-order valence-corrected chi connectivity index (χ0v) is 10.9. The maximum absolute atomic E-state index is 11.4. The number of nitrogens with one attached hydrogen (secondary N) is 2. The fourth-order valence-electron chi connectivity index (χ4n) is 1.10. The second-order valence-electron chi connectivity index (χ2n) is 4.63. The zero-order chi connectivity index (χ0) is 12.6. The third-order valence-electron chi connectivity index (χ3n) is 2.00. The van der Waals surface area contributed by atoms with E-state index in [1.165, 1.54) is 0 Å². The van der Waals surface area contributed by atoms with Crippen LogP contribution in [0.4, 0.5) is 0 Å². The number of amides is 1. The van der Waals surface area contributed by atoms with E-state index in [0.29, 0.717) is 19.5 Å². The monoisotopic (exact) mass is 232 g/mol. The van der Waals surface area contributed by atoms with Crippen LogP contribution in [0, 0.1) is 0 Å². The Hall–Kier alpha value is -0.650. The molecule has 0 unspecified atom stereocenters. The molecule has 0 saturated heterocycles. The summed E-state index contributed by atoms with van der Waals surface area (Å²) in [5.74, 6) is -0.00384. The number of carbonyl (C=O) groups is 1. The van der Waals surface area contributed by atoms with E-state index >= 15 is 0 Å². The van der Waals surface area contributed by atoms with E-state index in [1.54, 1.807) is 14.2 Å². The van der Waals surface area contributed by atoms with Crippen LogP contribution in [-0.4, -0.2) is 45.0 Å². The molecule has 0 spiro atoms. The average molecular weight is 232 g/mol. The van der Waals surface area contributed by atoms with Gasteiger partial charge in [0, 0.05) is 32.7 Å². The van der Waals surface area contributed by atoms with Crippen molar-refractivity contribution in [3.63, 3.8) is 0 Å². The maximum atomic E-state index is 11.4. The minimum absolute atomic E-state index is 0.00384. The molecule has 0 atom stereocenters. The summed E-state index contributed by atoms with van der Waals surface area (Å²) in [5, 5.41) is 5.99. The molecule has 0 aliphatic rings. The molecular formula is C11H24N2O3. The zero-order valence-electron chi connectivity index (χ0n) is 10.9. The quantitative estimate of drug-likeness (QED) is 0.628. The molecule has 0 aliphatic carbocycles. The molecule has 1 amide bonds. The highest BCUT2D eigenvalue weighted by Crippen LogP contribution is 1.97. The van der Waals surface area contributed by atoms with Crippen molar-refractivity contribution in [3.8, 4) is 0 Å². The third kappa shape index (κ3) is 8.64. The lowest BCUT2D eigenvalue weighted by atomic mass is 10.1. The van der Waals surface area contributed by atoms with Gasteiger partial charge in [0.1, 0.15) is 0 Å². The standard InChI is InChI=1S/C11H24N2O3/c1-11(2,3)13-7-6-9(14)12-8-10(15-4)16-5/h10,13H,6-8H2,1-5H3,(H,12,14). The second-order valence-corrected chi connectivity index (χ2v) is 4.63. The smallest absolute Gasteiger partial charge is 0.221 e. The van der Waals surface area contributed by atoms with Gasteiger partial charge in [0.25, 0.3) is 0 Å². The van der Waals surface area contributed by atoms with Crippen molar-refractivity contribution in [3.05, 3.63) is 0 Å². The molecular weight excluding hydrogens is 208 g/mol. The van der Waals surface area contributed by atoms with E-state index in [0.717, 1.165) is 0 Å². The molecule has 0 saturated carbocycles. The molecule has 5 nitrogen and oxygen atoms in total. The molecule has 5 heteroatoms. The fourth-order valence-corrected chi connectivity index (χ4v) is 1.10. The lowest BCUT2D eigenvalue weighted by molar-refractivity contribution is -0.127. The molecule has 0 rings (SSSR count). The summed E-state index contributed by atoms with van der Waals surface area (Å²) in [6.07, 6.45) is 0.0803. The highest BCUT2D eigenvalue weighted by Gasteiger charge is 2.10.